The Morgan fingerprint density at radius 1 is 0.282 bits per heavy atom. The van der Waals surface area contributed by atoms with Crippen LogP contribution in [0.3, 0.4) is 0 Å². The number of hydrogen-bond donors (Lipinski definition) is 0. The number of rotatable bonds is 3. The van der Waals surface area contributed by atoms with Crippen LogP contribution in [0.5, 0.6) is 0 Å². The molecule has 0 fully saturated rings. The molecule has 11 aromatic carbocycles. The van der Waals surface area contributed by atoms with Gasteiger partial charge in [-0.05, 0) is 189 Å². The maximum atomic E-state index is 16.2. The van der Waals surface area contributed by atoms with Crippen LogP contribution in [0.25, 0.3) is 165 Å². The minimum Gasteiger partial charge on any atom is -0.656 e. The molecule has 2 aliphatic rings. The number of benzene rings is 11. The van der Waals surface area contributed by atoms with Gasteiger partial charge in [0.05, 0.1) is 22.9 Å². The van der Waals surface area contributed by atoms with Crippen molar-refractivity contribution < 1.29 is 34.2 Å². The molecule has 0 aliphatic carbocycles. The van der Waals surface area contributed by atoms with E-state index in [1.807, 2.05) is 66.7 Å². The van der Waals surface area contributed by atoms with Gasteiger partial charge >= 0.3 is 21.1 Å². The van der Waals surface area contributed by atoms with Gasteiger partial charge < -0.3 is 15.0 Å². The quantitative estimate of drug-likeness (QED) is 0.176. The topological polar surface area (TPSA) is 66.9 Å². The second-order valence-corrected chi connectivity index (χ2v) is 19.9. The maximum Gasteiger partial charge on any atom is 2.00 e. The Morgan fingerprint density at radius 2 is 0.603 bits per heavy atom. The molecule has 0 saturated carbocycles. The van der Waals surface area contributed by atoms with Crippen LogP contribution >= 0.6 is 0 Å². The molecule has 0 unspecified atom stereocenters. The summed E-state index contributed by atoms with van der Waals surface area (Å²) in [6.45, 7) is 0. The first-order valence-electron chi connectivity index (χ1n) is 25.4. The number of halogens is 3. The van der Waals surface area contributed by atoms with E-state index in [4.69, 9.17) is 24.9 Å². The molecule has 5 nitrogen and oxygen atoms in total. The Kier molecular flexibility index (Phi) is 10.3. The summed E-state index contributed by atoms with van der Waals surface area (Å²) in [6, 6.07) is 69.3. The molecular weight excluding hydrogens is 1150 g/mol. The predicted molar refractivity (Wildman–Crippen MR) is 307 cm³/mol. The Hall–Kier alpha value is -9.49. The maximum absolute atomic E-state index is 16.2. The number of hydrogen-bond acceptors (Lipinski definition) is 3. The van der Waals surface area contributed by atoms with E-state index in [9.17, 15) is 0 Å². The van der Waals surface area contributed by atoms with E-state index in [1.165, 1.54) is 36.4 Å². The summed E-state index contributed by atoms with van der Waals surface area (Å²) in [5.41, 5.74) is 10.2. The zero-order valence-electron chi connectivity index (χ0n) is 41.0. The minimum absolute atomic E-state index is 0. The average molecular weight is 1190 g/mol. The monoisotopic (exact) mass is 1190 g/mol. The molecule has 0 saturated heterocycles. The van der Waals surface area contributed by atoms with Crippen LogP contribution in [-0.2, 0) is 21.1 Å². The van der Waals surface area contributed by atoms with Gasteiger partial charge in [-0.1, -0.05) is 133 Å². The molecular formula is C69H36F3N5Pt. The molecule has 5 heterocycles. The van der Waals surface area contributed by atoms with Crippen molar-refractivity contribution in [2.75, 3.05) is 0 Å². The van der Waals surface area contributed by atoms with E-state index in [-0.39, 0.29) is 21.1 Å². The van der Waals surface area contributed by atoms with Gasteiger partial charge in [-0.3, -0.25) is 4.98 Å². The molecule has 2 aliphatic heterocycles. The third-order valence-electron chi connectivity index (χ3n) is 15.4. The number of nitrogens with zero attached hydrogens (tertiary/aromatic N) is 5. The van der Waals surface area contributed by atoms with Crippen LogP contribution in [0.1, 0.15) is 0 Å². The van der Waals surface area contributed by atoms with Crippen LogP contribution in [-0.4, -0.2) is 15.0 Å². The van der Waals surface area contributed by atoms with Crippen LogP contribution in [0.15, 0.2) is 218 Å². The van der Waals surface area contributed by atoms with E-state index in [2.05, 4.69) is 97.1 Å². The zero-order chi connectivity index (χ0) is 51.0. The Bertz CT molecular complexity index is 5070. The smallest absolute Gasteiger partial charge is 0.656 e. The molecule has 14 aromatic rings. The molecule has 0 spiro atoms. The molecule has 3 aromatic heterocycles. The zero-order valence-corrected chi connectivity index (χ0v) is 43.2. The Labute approximate surface area is 457 Å². The van der Waals surface area contributed by atoms with Crippen molar-refractivity contribution in [2.24, 2.45) is 0 Å². The molecule has 16 rings (SSSR count). The van der Waals surface area contributed by atoms with E-state index in [0.717, 1.165) is 86.9 Å². The third-order valence-corrected chi connectivity index (χ3v) is 15.4. The van der Waals surface area contributed by atoms with E-state index >= 15 is 13.2 Å². The molecule has 8 bridgehead atoms. The second-order valence-electron chi connectivity index (χ2n) is 19.9. The van der Waals surface area contributed by atoms with E-state index in [0.29, 0.717) is 78.5 Å². The molecule has 0 radical (unpaired) electrons. The normalized spacial score (nSPS) is 11.9. The van der Waals surface area contributed by atoms with Gasteiger partial charge in [-0.15, -0.1) is 11.0 Å². The summed E-state index contributed by atoms with van der Waals surface area (Å²) < 4.78 is 48.2. The second kappa shape index (κ2) is 17.5. The first-order chi connectivity index (χ1) is 37.8. The SMILES string of the molecule is Fc1cccc(-c2c3nc(c(-c4cccc(F)c4)c4[n-]c(c(-c5cccc(F)c5)c5nc(nc6[n-]c2c2cc7ccccc7cc62)-c2cc6ccccc6cc2-5)c2cc5ccccc5cc42)-c2cc4ccccc4cc2-3)c1.[Pt+2]. The van der Waals surface area contributed by atoms with Gasteiger partial charge in [0.15, 0.2) is 0 Å². The summed E-state index contributed by atoms with van der Waals surface area (Å²) in [5, 5.41) is 10.9. The van der Waals surface area contributed by atoms with Crippen molar-refractivity contribution in [3.05, 3.63) is 236 Å². The van der Waals surface area contributed by atoms with Crippen molar-refractivity contribution in [2.45, 2.75) is 0 Å². The van der Waals surface area contributed by atoms with Crippen molar-refractivity contribution in [3.63, 3.8) is 0 Å². The molecule has 368 valence electrons. The fourth-order valence-electron chi connectivity index (χ4n) is 11.9. The molecule has 0 atom stereocenters. The van der Waals surface area contributed by atoms with Gasteiger partial charge in [-0.2, -0.15) is 0 Å². The largest absolute Gasteiger partial charge is 2.00 e. The summed E-state index contributed by atoms with van der Waals surface area (Å²) in [4.78, 5) is 28.3. The summed E-state index contributed by atoms with van der Waals surface area (Å²) in [7, 11) is 0. The first-order valence-corrected chi connectivity index (χ1v) is 25.4. The summed E-state index contributed by atoms with van der Waals surface area (Å²) >= 11 is 0. The van der Waals surface area contributed by atoms with Crippen molar-refractivity contribution in [3.8, 4) is 78.5 Å². The van der Waals surface area contributed by atoms with Gasteiger partial charge in [0, 0.05) is 27.8 Å². The van der Waals surface area contributed by atoms with Crippen LogP contribution < -0.4 is 9.97 Å². The fourth-order valence-corrected chi connectivity index (χ4v) is 11.9. The van der Waals surface area contributed by atoms with Crippen molar-refractivity contribution in [1.29, 1.82) is 0 Å². The molecule has 0 amide bonds. The van der Waals surface area contributed by atoms with Gasteiger partial charge in [0.1, 0.15) is 17.5 Å². The van der Waals surface area contributed by atoms with Crippen LogP contribution in [0, 0.1) is 17.5 Å². The summed E-state index contributed by atoms with van der Waals surface area (Å²) in [6.07, 6.45) is 0. The van der Waals surface area contributed by atoms with Gasteiger partial charge in [0.25, 0.3) is 0 Å². The van der Waals surface area contributed by atoms with Gasteiger partial charge in [-0.25, -0.2) is 18.2 Å². The van der Waals surface area contributed by atoms with Gasteiger partial charge in [0.2, 0.25) is 0 Å². The minimum atomic E-state index is -0.438. The van der Waals surface area contributed by atoms with E-state index in [1.54, 1.807) is 18.2 Å². The van der Waals surface area contributed by atoms with Crippen molar-refractivity contribution >= 4 is 86.8 Å². The number of aromatic nitrogens is 5. The summed E-state index contributed by atoms with van der Waals surface area (Å²) in [5.74, 6) is -0.877. The Balaban J connectivity index is 0.00000529. The predicted octanol–water partition coefficient (Wildman–Crippen LogP) is 18.0. The molecule has 9 heteroatoms. The fraction of sp³-hybridized carbons (Fsp3) is 0. The van der Waals surface area contributed by atoms with E-state index < -0.39 is 17.5 Å². The average Bonchev–Trinajstić information content (AvgIpc) is 4.39. The van der Waals surface area contributed by atoms with Crippen LogP contribution in [0.2, 0.25) is 0 Å². The van der Waals surface area contributed by atoms with Crippen molar-refractivity contribution in [1.82, 2.24) is 24.9 Å². The standard InChI is InChI=1S/C69H36F3N5.Pt/c70-48-23-9-20-45(26-48)59-62-51-29-37-12-1-3-14-39(37)31-53(51)64(73-62)60(46-21-10-24-49(71)27-46)66-55-33-41-16-5-7-18-43(41)35-57(55)68(75-66)77-69-58-36-44-19-8-6-17-42(44)34-56(58)67(76-69)61(47-22-11-25-50(72)28-47)65-54-32-40-15-4-2-13-38(40)30-52(54)63(59)74-65;/h1-36H;/q-2;+2. The molecule has 0 N–H and O–H groups in total. The first kappa shape index (κ1) is 45.9. The van der Waals surface area contributed by atoms with Crippen LogP contribution in [0.4, 0.5) is 13.2 Å². The Morgan fingerprint density at radius 3 is 1.00 bits per heavy atom. The molecule has 78 heavy (non-hydrogen) atoms. The third kappa shape index (κ3) is 7.10. The number of fused-ring (bicyclic) bond motifs is 24.